The van der Waals surface area contributed by atoms with Crippen LogP contribution in [-0.2, 0) is 0 Å². The van der Waals surface area contributed by atoms with Crippen LogP contribution in [0.2, 0.25) is 0 Å². The summed E-state index contributed by atoms with van der Waals surface area (Å²) in [7, 11) is 0. The van der Waals surface area contributed by atoms with Gasteiger partial charge in [0, 0.05) is 6.54 Å². The lowest BCUT2D eigenvalue weighted by Crippen LogP contribution is -2.50. The maximum atomic E-state index is 11.9. The number of aliphatic hydroxyl groups is 1. The van der Waals surface area contributed by atoms with Gasteiger partial charge in [-0.2, -0.15) is 22.0 Å². The standard InChI is InChI=1S/C4H6F5NO/c5-3(6,2(11)1-10)4(7,8)9/h2,11H,1,10H2/t2-/m1/s1. The van der Waals surface area contributed by atoms with Crippen molar-refractivity contribution < 1.29 is 27.1 Å². The van der Waals surface area contributed by atoms with Crippen LogP contribution in [0.15, 0.2) is 0 Å². The first-order valence-electron chi connectivity index (χ1n) is 2.56. The number of aliphatic hydroxyl groups excluding tert-OH is 1. The Morgan fingerprint density at radius 2 is 1.55 bits per heavy atom. The van der Waals surface area contributed by atoms with Crippen LogP contribution in [-0.4, -0.2) is 29.9 Å². The fourth-order valence-electron chi connectivity index (χ4n) is 0.337. The van der Waals surface area contributed by atoms with Gasteiger partial charge >= 0.3 is 12.1 Å². The molecule has 3 N–H and O–H groups in total. The normalized spacial score (nSPS) is 16.6. The molecule has 0 bridgehead atoms. The molecule has 0 aromatic heterocycles. The highest BCUT2D eigenvalue weighted by atomic mass is 19.4. The van der Waals surface area contributed by atoms with E-state index in [9.17, 15) is 22.0 Å². The highest BCUT2D eigenvalue weighted by Crippen LogP contribution is 2.37. The molecule has 0 aromatic carbocycles. The Bertz CT molecular complexity index is 133. The summed E-state index contributed by atoms with van der Waals surface area (Å²) in [5, 5.41) is 8.13. The van der Waals surface area contributed by atoms with Crippen molar-refractivity contribution in [2.24, 2.45) is 5.73 Å². The third kappa shape index (κ3) is 2.00. The lowest BCUT2D eigenvalue weighted by atomic mass is 10.2. The Kier molecular flexibility index (Phi) is 2.79. The van der Waals surface area contributed by atoms with E-state index in [0.717, 1.165) is 0 Å². The number of alkyl halides is 5. The highest BCUT2D eigenvalue weighted by Gasteiger charge is 2.61. The summed E-state index contributed by atoms with van der Waals surface area (Å²) in [6.45, 7) is -1.13. The molecule has 0 saturated heterocycles. The van der Waals surface area contributed by atoms with Crippen LogP contribution in [0, 0.1) is 0 Å². The Labute approximate surface area is 58.8 Å². The number of nitrogens with two attached hydrogens (primary N) is 1. The topological polar surface area (TPSA) is 46.2 Å². The van der Waals surface area contributed by atoms with E-state index < -0.39 is 24.7 Å². The van der Waals surface area contributed by atoms with Gasteiger partial charge in [-0.15, -0.1) is 0 Å². The zero-order valence-electron chi connectivity index (χ0n) is 5.20. The van der Waals surface area contributed by atoms with Crippen LogP contribution < -0.4 is 5.73 Å². The summed E-state index contributed by atoms with van der Waals surface area (Å²) in [5.74, 6) is -5.12. The number of hydrogen-bond acceptors (Lipinski definition) is 2. The van der Waals surface area contributed by atoms with Gasteiger partial charge in [-0.05, 0) is 0 Å². The van der Waals surface area contributed by atoms with Gasteiger partial charge in [0.25, 0.3) is 0 Å². The monoisotopic (exact) mass is 179 g/mol. The minimum Gasteiger partial charge on any atom is -0.385 e. The van der Waals surface area contributed by atoms with Gasteiger partial charge in [0.1, 0.15) is 6.10 Å². The molecule has 0 spiro atoms. The largest absolute Gasteiger partial charge is 0.456 e. The third-order valence-corrected chi connectivity index (χ3v) is 1.02. The molecule has 0 aliphatic heterocycles. The summed E-state index contributed by atoms with van der Waals surface area (Å²) < 4.78 is 57.7. The molecule has 0 aromatic rings. The minimum atomic E-state index is -5.74. The number of halogens is 5. The number of hydrogen-bond donors (Lipinski definition) is 2. The van der Waals surface area contributed by atoms with Crippen LogP contribution >= 0.6 is 0 Å². The predicted molar refractivity (Wildman–Crippen MR) is 26.1 cm³/mol. The fourth-order valence-corrected chi connectivity index (χ4v) is 0.337. The second-order valence-corrected chi connectivity index (χ2v) is 1.87. The average Bonchev–Trinajstić information content (AvgIpc) is 1.83. The predicted octanol–water partition coefficient (Wildman–Crippen LogP) is 0.504. The van der Waals surface area contributed by atoms with E-state index in [1.807, 2.05) is 0 Å². The Morgan fingerprint density at radius 1 is 1.18 bits per heavy atom. The first-order chi connectivity index (χ1) is 4.73. The van der Waals surface area contributed by atoms with E-state index in [1.54, 1.807) is 0 Å². The van der Waals surface area contributed by atoms with E-state index in [2.05, 4.69) is 5.73 Å². The maximum absolute atomic E-state index is 11.9. The van der Waals surface area contributed by atoms with E-state index in [-0.39, 0.29) is 0 Å². The van der Waals surface area contributed by atoms with Gasteiger partial charge in [-0.1, -0.05) is 0 Å². The second kappa shape index (κ2) is 2.90. The third-order valence-electron chi connectivity index (χ3n) is 1.02. The Morgan fingerprint density at radius 3 is 1.64 bits per heavy atom. The molecule has 0 unspecified atom stereocenters. The van der Waals surface area contributed by atoms with Crippen LogP contribution in [0.25, 0.3) is 0 Å². The highest BCUT2D eigenvalue weighted by molar-refractivity contribution is 4.84. The minimum absolute atomic E-state index is 1.13. The zero-order chi connectivity index (χ0) is 9.28. The van der Waals surface area contributed by atoms with Crippen LogP contribution in [0.1, 0.15) is 0 Å². The maximum Gasteiger partial charge on any atom is 0.456 e. The summed E-state index contributed by atoms with van der Waals surface area (Å²) in [6.07, 6.45) is -8.62. The van der Waals surface area contributed by atoms with Gasteiger partial charge in [-0.3, -0.25) is 0 Å². The van der Waals surface area contributed by atoms with Crippen LogP contribution in [0.5, 0.6) is 0 Å². The molecule has 11 heavy (non-hydrogen) atoms. The van der Waals surface area contributed by atoms with Crippen molar-refractivity contribution in [1.82, 2.24) is 0 Å². The molecule has 0 amide bonds. The molecule has 0 radical (unpaired) electrons. The Balaban J connectivity index is 4.45. The lowest BCUT2D eigenvalue weighted by molar-refractivity contribution is -0.311. The van der Waals surface area contributed by atoms with Gasteiger partial charge in [0.2, 0.25) is 0 Å². The molecule has 0 aliphatic carbocycles. The molecule has 7 heteroatoms. The average molecular weight is 179 g/mol. The molecular weight excluding hydrogens is 173 g/mol. The molecule has 1 atom stereocenters. The first kappa shape index (κ1) is 10.6. The Hall–Kier alpha value is -0.430. The van der Waals surface area contributed by atoms with Gasteiger partial charge in [0.15, 0.2) is 0 Å². The van der Waals surface area contributed by atoms with Crippen molar-refractivity contribution in [3.8, 4) is 0 Å². The summed E-state index contributed by atoms with van der Waals surface area (Å²) >= 11 is 0. The van der Waals surface area contributed by atoms with Gasteiger partial charge in [0.05, 0.1) is 0 Å². The first-order valence-corrected chi connectivity index (χ1v) is 2.56. The second-order valence-electron chi connectivity index (χ2n) is 1.87. The molecule has 0 heterocycles. The van der Waals surface area contributed by atoms with Crippen molar-refractivity contribution in [3.05, 3.63) is 0 Å². The van der Waals surface area contributed by atoms with Crippen molar-refractivity contribution in [3.63, 3.8) is 0 Å². The van der Waals surface area contributed by atoms with Crippen LogP contribution in [0.3, 0.4) is 0 Å². The van der Waals surface area contributed by atoms with Crippen molar-refractivity contribution in [1.29, 1.82) is 0 Å². The molecule has 68 valence electrons. The summed E-state index contributed by atoms with van der Waals surface area (Å²) in [6, 6.07) is 0. The van der Waals surface area contributed by atoms with Gasteiger partial charge < -0.3 is 10.8 Å². The molecule has 0 fully saturated rings. The van der Waals surface area contributed by atoms with Crippen molar-refractivity contribution >= 4 is 0 Å². The quantitative estimate of drug-likeness (QED) is 0.606. The number of rotatable bonds is 2. The smallest absolute Gasteiger partial charge is 0.385 e. The molecular formula is C4H6F5NO. The van der Waals surface area contributed by atoms with Crippen molar-refractivity contribution in [2.45, 2.75) is 18.2 Å². The van der Waals surface area contributed by atoms with Gasteiger partial charge in [-0.25, -0.2) is 0 Å². The summed E-state index contributed by atoms with van der Waals surface area (Å²) in [4.78, 5) is 0. The fraction of sp³-hybridized carbons (Fsp3) is 1.00. The molecule has 2 nitrogen and oxygen atoms in total. The molecule has 0 saturated carbocycles. The zero-order valence-corrected chi connectivity index (χ0v) is 5.20. The van der Waals surface area contributed by atoms with Crippen LogP contribution in [0.4, 0.5) is 22.0 Å². The van der Waals surface area contributed by atoms with Crippen molar-refractivity contribution in [2.75, 3.05) is 6.54 Å². The van der Waals surface area contributed by atoms with E-state index in [0.29, 0.717) is 0 Å². The van der Waals surface area contributed by atoms with E-state index in [1.165, 1.54) is 0 Å². The molecule has 0 aliphatic rings. The van der Waals surface area contributed by atoms with E-state index in [4.69, 9.17) is 5.11 Å². The van der Waals surface area contributed by atoms with E-state index >= 15 is 0 Å². The lowest BCUT2D eigenvalue weighted by Gasteiger charge is -2.23. The molecule has 0 rings (SSSR count). The SMILES string of the molecule is NC[C@@H](O)C(F)(F)C(F)(F)F. The summed E-state index contributed by atoms with van der Waals surface area (Å²) in [5.41, 5.74) is 4.42.